The minimum Gasteiger partial charge on any atom is -0.504 e. The minimum atomic E-state index is -0.952. The van der Waals surface area contributed by atoms with Crippen LogP contribution >= 0.6 is 12.6 Å². The van der Waals surface area contributed by atoms with Crippen LogP contribution in [0.15, 0.2) is 18.2 Å². The first-order chi connectivity index (χ1) is 10.5. The summed E-state index contributed by atoms with van der Waals surface area (Å²) in [4.78, 5) is 11.1. The van der Waals surface area contributed by atoms with E-state index in [0.29, 0.717) is 24.3 Å². The number of benzene rings is 1. The molecule has 0 bridgehead atoms. The van der Waals surface area contributed by atoms with E-state index < -0.39 is 18.2 Å². The van der Waals surface area contributed by atoms with Crippen molar-refractivity contribution in [1.29, 1.82) is 0 Å². The van der Waals surface area contributed by atoms with Crippen molar-refractivity contribution >= 4 is 18.6 Å². The van der Waals surface area contributed by atoms with Crippen LogP contribution in [-0.4, -0.2) is 48.4 Å². The SMILES string of the molecule is CCO[C@H](CCOC(=O)CS)[C@H](O)c1ccc(OC)c(O)c1. The van der Waals surface area contributed by atoms with Gasteiger partial charge in [0, 0.05) is 13.0 Å². The van der Waals surface area contributed by atoms with Crippen molar-refractivity contribution < 1.29 is 29.2 Å². The monoisotopic (exact) mass is 330 g/mol. The molecule has 7 heteroatoms. The molecule has 0 fully saturated rings. The zero-order valence-electron chi connectivity index (χ0n) is 12.7. The number of thiol groups is 1. The normalized spacial score (nSPS) is 13.5. The fraction of sp³-hybridized carbons (Fsp3) is 0.533. The summed E-state index contributed by atoms with van der Waals surface area (Å²) in [5.74, 6) is -0.147. The van der Waals surface area contributed by atoms with Gasteiger partial charge >= 0.3 is 5.97 Å². The second kappa shape index (κ2) is 9.55. The third kappa shape index (κ3) is 5.40. The van der Waals surface area contributed by atoms with E-state index in [1.54, 1.807) is 12.1 Å². The topological polar surface area (TPSA) is 85.2 Å². The number of aromatic hydroxyl groups is 1. The molecule has 0 heterocycles. The minimum absolute atomic E-state index is 0.00814. The van der Waals surface area contributed by atoms with Crippen LogP contribution in [0.25, 0.3) is 0 Å². The smallest absolute Gasteiger partial charge is 0.315 e. The molecule has 0 radical (unpaired) electrons. The Labute approximate surface area is 135 Å². The molecule has 0 aliphatic rings. The van der Waals surface area contributed by atoms with E-state index >= 15 is 0 Å². The molecule has 6 nitrogen and oxygen atoms in total. The van der Waals surface area contributed by atoms with Gasteiger partial charge in [-0.3, -0.25) is 4.79 Å². The van der Waals surface area contributed by atoms with Gasteiger partial charge in [0.25, 0.3) is 0 Å². The second-order valence-electron chi connectivity index (χ2n) is 4.54. The van der Waals surface area contributed by atoms with Crippen molar-refractivity contribution in [1.82, 2.24) is 0 Å². The molecule has 1 aromatic carbocycles. The highest BCUT2D eigenvalue weighted by Gasteiger charge is 2.22. The molecular formula is C15H22O6S. The molecule has 1 rings (SSSR count). The molecular weight excluding hydrogens is 308 g/mol. The van der Waals surface area contributed by atoms with Crippen LogP contribution in [0.2, 0.25) is 0 Å². The quantitative estimate of drug-likeness (QED) is 0.472. The first kappa shape index (κ1) is 18.6. The van der Waals surface area contributed by atoms with Gasteiger partial charge in [-0.15, -0.1) is 0 Å². The fourth-order valence-electron chi connectivity index (χ4n) is 1.99. The first-order valence-corrected chi connectivity index (χ1v) is 7.59. The van der Waals surface area contributed by atoms with Crippen LogP contribution in [0, 0.1) is 0 Å². The summed E-state index contributed by atoms with van der Waals surface area (Å²) in [6.45, 7) is 2.35. The molecule has 1 aromatic rings. The van der Waals surface area contributed by atoms with E-state index in [1.807, 2.05) is 6.92 Å². The van der Waals surface area contributed by atoms with Crippen molar-refractivity contribution in [2.24, 2.45) is 0 Å². The molecule has 0 amide bonds. The molecule has 0 saturated heterocycles. The van der Waals surface area contributed by atoms with E-state index in [4.69, 9.17) is 14.2 Å². The van der Waals surface area contributed by atoms with Gasteiger partial charge in [0.2, 0.25) is 0 Å². The first-order valence-electron chi connectivity index (χ1n) is 6.96. The van der Waals surface area contributed by atoms with Crippen LogP contribution in [0.3, 0.4) is 0 Å². The fourth-order valence-corrected chi connectivity index (χ4v) is 2.08. The van der Waals surface area contributed by atoms with Gasteiger partial charge in [-0.25, -0.2) is 0 Å². The van der Waals surface area contributed by atoms with Crippen molar-refractivity contribution in [2.75, 3.05) is 26.1 Å². The molecule has 0 aliphatic carbocycles. The standard InChI is InChI=1S/C15H22O6S/c1-3-20-13(6-7-21-14(17)9-22)15(18)10-4-5-12(19-2)11(16)8-10/h4-5,8,13,15-16,18,22H,3,6-7,9H2,1-2H3/t13-,15-/m1/s1. The number of carbonyl (C=O) groups excluding carboxylic acids is 1. The van der Waals surface area contributed by atoms with Crippen molar-refractivity contribution in [3.8, 4) is 11.5 Å². The number of aliphatic hydroxyl groups excluding tert-OH is 1. The predicted molar refractivity (Wildman–Crippen MR) is 84.5 cm³/mol. The average Bonchev–Trinajstić information content (AvgIpc) is 2.53. The van der Waals surface area contributed by atoms with Gasteiger partial charge in [-0.1, -0.05) is 6.07 Å². The van der Waals surface area contributed by atoms with Crippen LogP contribution in [0.5, 0.6) is 11.5 Å². The number of carbonyl (C=O) groups is 1. The molecule has 2 atom stereocenters. The number of ether oxygens (including phenoxy) is 3. The number of methoxy groups -OCH3 is 1. The molecule has 0 saturated carbocycles. The Morgan fingerprint density at radius 1 is 1.41 bits per heavy atom. The van der Waals surface area contributed by atoms with Crippen LogP contribution in [-0.2, 0) is 14.3 Å². The van der Waals surface area contributed by atoms with E-state index in [9.17, 15) is 15.0 Å². The third-order valence-corrected chi connectivity index (χ3v) is 3.33. The van der Waals surface area contributed by atoms with Crippen molar-refractivity contribution in [3.63, 3.8) is 0 Å². The van der Waals surface area contributed by atoms with Crippen LogP contribution < -0.4 is 4.74 Å². The van der Waals surface area contributed by atoms with E-state index in [1.165, 1.54) is 13.2 Å². The summed E-state index contributed by atoms with van der Waals surface area (Å²) < 4.78 is 15.4. The summed E-state index contributed by atoms with van der Waals surface area (Å²) in [6, 6.07) is 4.64. The molecule has 0 aliphatic heterocycles. The molecule has 0 spiro atoms. The summed E-state index contributed by atoms with van der Waals surface area (Å²) in [6.07, 6.45) is -1.17. The van der Waals surface area contributed by atoms with Gasteiger partial charge in [0.1, 0.15) is 6.10 Å². The predicted octanol–water partition coefficient (Wildman–Crippen LogP) is 1.70. The Bertz CT molecular complexity index is 479. The average molecular weight is 330 g/mol. The second-order valence-corrected chi connectivity index (χ2v) is 4.85. The Morgan fingerprint density at radius 3 is 2.68 bits per heavy atom. The third-order valence-electron chi connectivity index (χ3n) is 3.07. The largest absolute Gasteiger partial charge is 0.504 e. The van der Waals surface area contributed by atoms with Crippen molar-refractivity contribution in [2.45, 2.75) is 25.6 Å². The Kier molecular flexibility index (Phi) is 8.08. The highest BCUT2D eigenvalue weighted by molar-refractivity contribution is 7.81. The Hall–Kier alpha value is -1.44. The van der Waals surface area contributed by atoms with Crippen LogP contribution in [0.4, 0.5) is 0 Å². The number of rotatable bonds is 9. The number of phenols is 1. The Balaban J connectivity index is 2.73. The number of hydrogen-bond acceptors (Lipinski definition) is 7. The van der Waals surface area contributed by atoms with E-state index in [2.05, 4.69) is 12.6 Å². The van der Waals surface area contributed by atoms with Crippen LogP contribution in [0.1, 0.15) is 25.0 Å². The lowest BCUT2D eigenvalue weighted by Crippen LogP contribution is -2.25. The lowest BCUT2D eigenvalue weighted by atomic mass is 10.0. The molecule has 0 unspecified atom stereocenters. The number of phenolic OH excluding ortho intramolecular Hbond substituents is 1. The molecule has 124 valence electrons. The Morgan fingerprint density at radius 2 is 2.14 bits per heavy atom. The highest BCUT2D eigenvalue weighted by atomic mass is 32.1. The number of esters is 1. The number of hydrogen-bond donors (Lipinski definition) is 3. The summed E-state index contributed by atoms with van der Waals surface area (Å²) in [5, 5.41) is 20.2. The molecule has 0 aromatic heterocycles. The van der Waals surface area contributed by atoms with Crippen molar-refractivity contribution in [3.05, 3.63) is 23.8 Å². The maximum Gasteiger partial charge on any atom is 0.315 e. The van der Waals surface area contributed by atoms with Gasteiger partial charge in [-0.2, -0.15) is 12.6 Å². The maximum absolute atomic E-state index is 11.1. The molecule has 2 N–H and O–H groups in total. The summed E-state index contributed by atoms with van der Waals surface area (Å²) >= 11 is 3.81. The molecule has 22 heavy (non-hydrogen) atoms. The van der Waals surface area contributed by atoms with E-state index in [0.717, 1.165) is 0 Å². The lowest BCUT2D eigenvalue weighted by molar-refractivity contribution is -0.142. The van der Waals surface area contributed by atoms with Gasteiger partial charge in [-0.05, 0) is 24.6 Å². The van der Waals surface area contributed by atoms with Gasteiger partial charge < -0.3 is 24.4 Å². The number of aliphatic hydroxyl groups is 1. The van der Waals surface area contributed by atoms with Gasteiger partial charge in [0.15, 0.2) is 11.5 Å². The summed E-state index contributed by atoms with van der Waals surface area (Å²) in [5.41, 5.74) is 0.497. The highest BCUT2D eigenvalue weighted by Crippen LogP contribution is 2.31. The lowest BCUT2D eigenvalue weighted by Gasteiger charge is -2.23. The van der Waals surface area contributed by atoms with E-state index in [-0.39, 0.29) is 18.1 Å². The maximum atomic E-state index is 11.1. The zero-order valence-corrected chi connectivity index (χ0v) is 13.6. The van der Waals surface area contributed by atoms with Gasteiger partial charge in [0.05, 0.1) is 25.6 Å². The summed E-state index contributed by atoms with van der Waals surface area (Å²) in [7, 11) is 1.45. The zero-order chi connectivity index (χ0) is 16.5.